The van der Waals surface area contributed by atoms with Crippen molar-refractivity contribution in [1.82, 2.24) is 15.1 Å². The van der Waals surface area contributed by atoms with Gasteiger partial charge in [0.25, 0.3) is 5.91 Å². The minimum absolute atomic E-state index is 0.0879. The molecule has 2 aliphatic heterocycles. The van der Waals surface area contributed by atoms with Crippen LogP contribution >= 0.6 is 0 Å². The lowest BCUT2D eigenvalue weighted by Crippen LogP contribution is -2.57. The molecule has 0 bridgehead atoms. The second-order valence-electron chi connectivity index (χ2n) is 9.27. The first-order valence-corrected chi connectivity index (χ1v) is 11.3. The number of hydrogen-bond acceptors (Lipinski definition) is 4. The van der Waals surface area contributed by atoms with Crippen molar-refractivity contribution in [2.45, 2.75) is 45.2 Å². The molecule has 0 radical (unpaired) electrons. The van der Waals surface area contributed by atoms with Gasteiger partial charge < -0.3 is 10.1 Å². The second kappa shape index (κ2) is 8.94. The SMILES string of the molecule is COc1cccc(C[C@]2(C3CCN(Cc4cc(C)ccc4C)CC3)NC(=O)N(C)C2=O)c1. The maximum absolute atomic E-state index is 13.3. The number of carbonyl (C=O) groups excluding carboxylic acids is 2. The number of urea groups is 1. The Bertz CT molecular complexity index is 1010. The zero-order valence-corrected chi connectivity index (χ0v) is 19.5. The highest BCUT2D eigenvalue weighted by Gasteiger charge is 2.54. The highest BCUT2D eigenvalue weighted by atomic mass is 16.5. The summed E-state index contributed by atoms with van der Waals surface area (Å²) in [4.78, 5) is 29.5. The molecule has 0 saturated carbocycles. The summed E-state index contributed by atoms with van der Waals surface area (Å²) in [5.74, 6) is 0.717. The Kier molecular flexibility index (Phi) is 6.24. The van der Waals surface area contributed by atoms with E-state index in [0.29, 0.717) is 6.42 Å². The molecule has 0 unspecified atom stereocenters. The van der Waals surface area contributed by atoms with Crippen LogP contribution in [0.4, 0.5) is 4.79 Å². The van der Waals surface area contributed by atoms with Gasteiger partial charge in [0.2, 0.25) is 0 Å². The third-order valence-electron chi connectivity index (χ3n) is 7.12. The number of likely N-dealkylation sites (tertiary alicyclic amines) is 1. The van der Waals surface area contributed by atoms with Crippen LogP contribution in [0.2, 0.25) is 0 Å². The van der Waals surface area contributed by atoms with Gasteiger partial charge in [-0.05, 0) is 74.5 Å². The van der Waals surface area contributed by atoms with Crippen molar-refractivity contribution < 1.29 is 14.3 Å². The van der Waals surface area contributed by atoms with Gasteiger partial charge in [0.05, 0.1) is 7.11 Å². The predicted octanol–water partition coefficient (Wildman–Crippen LogP) is 3.69. The molecule has 1 atom stereocenters. The molecule has 0 aliphatic carbocycles. The normalized spacial score (nSPS) is 22.3. The number of methoxy groups -OCH3 is 1. The first-order chi connectivity index (χ1) is 15.3. The van der Waals surface area contributed by atoms with Gasteiger partial charge in [0.1, 0.15) is 11.3 Å². The Hall–Kier alpha value is -2.86. The van der Waals surface area contributed by atoms with E-state index in [4.69, 9.17) is 4.74 Å². The van der Waals surface area contributed by atoms with Gasteiger partial charge in [-0.25, -0.2) is 4.79 Å². The average Bonchev–Trinajstić information content (AvgIpc) is 3.01. The number of rotatable bonds is 6. The summed E-state index contributed by atoms with van der Waals surface area (Å²) >= 11 is 0. The third-order valence-corrected chi connectivity index (χ3v) is 7.12. The molecule has 170 valence electrons. The Morgan fingerprint density at radius 3 is 2.50 bits per heavy atom. The van der Waals surface area contributed by atoms with E-state index in [0.717, 1.165) is 43.8 Å². The number of likely N-dealkylation sites (N-methyl/N-ethyl adjacent to an activating group) is 1. The lowest BCUT2D eigenvalue weighted by atomic mass is 9.74. The summed E-state index contributed by atoms with van der Waals surface area (Å²) in [6.45, 7) is 7.02. The van der Waals surface area contributed by atoms with E-state index in [2.05, 4.69) is 42.3 Å². The summed E-state index contributed by atoms with van der Waals surface area (Å²) < 4.78 is 5.37. The zero-order chi connectivity index (χ0) is 22.9. The van der Waals surface area contributed by atoms with E-state index < -0.39 is 5.54 Å². The molecule has 6 nitrogen and oxygen atoms in total. The van der Waals surface area contributed by atoms with Gasteiger partial charge in [-0.1, -0.05) is 35.9 Å². The van der Waals surface area contributed by atoms with Crippen LogP contribution in [0.25, 0.3) is 0 Å². The molecular formula is C26H33N3O3. The molecule has 32 heavy (non-hydrogen) atoms. The van der Waals surface area contributed by atoms with Gasteiger partial charge in [0, 0.05) is 20.0 Å². The molecule has 2 aromatic carbocycles. The average molecular weight is 436 g/mol. The highest BCUT2D eigenvalue weighted by Crippen LogP contribution is 2.37. The minimum Gasteiger partial charge on any atom is -0.497 e. The van der Waals surface area contributed by atoms with E-state index in [1.165, 1.54) is 21.6 Å². The Balaban J connectivity index is 1.52. The molecule has 2 fully saturated rings. The van der Waals surface area contributed by atoms with Gasteiger partial charge in [-0.3, -0.25) is 14.6 Å². The first kappa shape index (κ1) is 22.3. The van der Waals surface area contributed by atoms with Crippen molar-refractivity contribution in [3.63, 3.8) is 0 Å². The number of nitrogens with zero attached hydrogens (tertiary/aromatic N) is 2. The number of hydrogen-bond donors (Lipinski definition) is 1. The van der Waals surface area contributed by atoms with E-state index in [9.17, 15) is 9.59 Å². The first-order valence-electron chi connectivity index (χ1n) is 11.3. The molecule has 2 aliphatic rings. The number of benzene rings is 2. The maximum Gasteiger partial charge on any atom is 0.324 e. The van der Waals surface area contributed by atoms with Gasteiger partial charge in [-0.2, -0.15) is 0 Å². The van der Waals surface area contributed by atoms with E-state index in [-0.39, 0.29) is 17.9 Å². The van der Waals surface area contributed by atoms with E-state index in [1.54, 1.807) is 14.2 Å². The van der Waals surface area contributed by atoms with Crippen LogP contribution < -0.4 is 10.1 Å². The number of nitrogens with one attached hydrogen (secondary N) is 1. The molecule has 0 spiro atoms. The van der Waals surface area contributed by atoms with Crippen LogP contribution in [0.1, 0.15) is 35.1 Å². The van der Waals surface area contributed by atoms with Crippen LogP contribution in [0.15, 0.2) is 42.5 Å². The van der Waals surface area contributed by atoms with Crippen molar-refractivity contribution >= 4 is 11.9 Å². The van der Waals surface area contributed by atoms with Crippen molar-refractivity contribution in [2.75, 3.05) is 27.2 Å². The van der Waals surface area contributed by atoms with Crippen LogP contribution in [0, 0.1) is 19.8 Å². The largest absolute Gasteiger partial charge is 0.497 e. The summed E-state index contributed by atoms with van der Waals surface area (Å²) in [5, 5.41) is 3.08. The summed E-state index contributed by atoms with van der Waals surface area (Å²) in [6.07, 6.45) is 2.21. The number of amides is 3. The standard InChI is InChI=1S/C26H33N3O3/c1-18-8-9-19(2)21(14-18)17-29-12-10-22(11-13-29)26(24(30)28(3)25(31)27-26)16-20-6-5-7-23(15-20)32-4/h5-9,14-15,22H,10-13,16-17H2,1-4H3,(H,27,31)/t26-/m1/s1. The number of aryl methyl sites for hydroxylation is 2. The van der Waals surface area contributed by atoms with Crippen molar-refractivity contribution in [2.24, 2.45) is 5.92 Å². The van der Waals surface area contributed by atoms with Gasteiger partial charge in [-0.15, -0.1) is 0 Å². The fraction of sp³-hybridized carbons (Fsp3) is 0.462. The lowest BCUT2D eigenvalue weighted by Gasteiger charge is -2.41. The summed E-state index contributed by atoms with van der Waals surface area (Å²) in [5.41, 5.74) is 4.04. The van der Waals surface area contributed by atoms with Gasteiger partial charge >= 0.3 is 6.03 Å². The summed E-state index contributed by atoms with van der Waals surface area (Å²) in [7, 11) is 3.21. The van der Waals surface area contributed by atoms with Crippen LogP contribution in [0.5, 0.6) is 5.75 Å². The monoisotopic (exact) mass is 435 g/mol. The molecule has 2 saturated heterocycles. The number of piperidine rings is 1. The molecule has 4 rings (SSSR count). The molecular weight excluding hydrogens is 402 g/mol. The minimum atomic E-state index is -0.899. The zero-order valence-electron chi connectivity index (χ0n) is 19.5. The number of carbonyl (C=O) groups is 2. The van der Waals surface area contributed by atoms with Gasteiger partial charge in [0.15, 0.2) is 0 Å². The van der Waals surface area contributed by atoms with Crippen LogP contribution in [-0.2, 0) is 17.8 Å². The molecule has 6 heteroatoms. The highest BCUT2D eigenvalue weighted by molar-refractivity contribution is 6.07. The Morgan fingerprint density at radius 1 is 1.09 bits per heavy atom. The van der Waals surface area contributed by atoms with Crippen molar-refractivity contribution in [3.05, 3.63) is 64.7 Å². The Labute approximate surface area is 190 Å². The fourth-order valence-electron chi connectivity index (χ4n) is 5.16. The molecule has 2 heterocycles. The maximum atomic E-state index is 13.3. The lowest BCUT2D eigenvalue weighted by molar-refractivity contribution is -0.133. The van der Waals surface area contributed by atoms with Crippen LogP contribution in [0.3, 0.4) is 0 Å². The number of ether oxygens (including phenoxy) is 1. The molecule has 3 amide bonds. The van der Waals surface area contributed by atoms with Crippen molar-refractivity contribution in [1.29, 1.82) is 0 Å². The fourth-order valence-corrected chi connectivity index (χ4v) is 5.16. The van der Waals surface area contributed by atoms with Crippen molar-refractivity contribution in [3.8, 4) is 5.75 Å². The third kappa shape index (κ3) is 4.24. The van der Waals surface area contributed by atoms with Crippen LogP contribution in [-0.4, -0.2) is 54.5 Å². The Morgan fingerprint density at radius 2 is 1.84 bits per heavy atom. The smallest absolute Gasteiger partial charge is 0.324 e. The molecule has 1 N–H and O–H groups in total. The molecule has 0 aromatic heterocycles. The van der Waals surface area contributed by atoms with E-state index in [1.807, 2.05) is 24.3 Å². The molecule has 2 aromatic rings. The number of imide groups is 1. The predicted molar refractivity (Wildman–Crippen MR) is 125 cm³/mol. The second-order valence-corrected chi connectivity index (χ2v) is 9.27. The topological polar surface area (TPSA) is 61.9 Å². The van der Waals surface area contributed by atoms with E-state index >= 15 is 0 Å². The summed E-state index contributed by atoms with van der Waals surface area (Å²) in [6, 6.07) is 14.1. The quantitative estimate of drug-likeness (QED) is 0.703.